The highest BCUT2D eigenvalue weighted by Gasteiger charge is 2.05. The highest BCUT2D eigenvalue weighted by Crippen LogP contribution is 2.22. The van der Waals surface area contributed by atoms with Crippen LogP contribution < -0.4 is 21.5 Å². The van der Waals surface area contributed by atoms with Crippen molar-refractivity contribution in [2.24, 2.45) is 11.5 Å². The molecule has 1 rings (SSSR count). The van der Waals surface area contributed by atoms with Gasteiger partial charge >= 0.3 is 0 Å². The number of hydrogen-bond donors (Lipinski definition) is 3. The molecular weight excluding hydrogens is 214 g/mol. The van der Waals surface area contributed by atoms with Crippen LogP contribution in [0.25, 0.3) is 0 Å². The summed E-state index contributed by atoms with van der Waals surface area (Å²) < 4.78 is 5.28. The number of rotatable bonds is 6. The SMILES string of the molecule is COc1cc(C)c(CNCC(N)CN)cc1C. The molecule has 0 aliphatic carbocycles. The Balaban J connectivity index is 2.62. The Hall–Kier alpha value is -1.10. The molecule has 1 aromatic carbocycles. The van der Waals surface area contributed by atoms with Gasteiger partial charge in [-0.1, -0.05) is 6.07 Å². The molecule has 0 radical (unpaired) electrons. The van der Waals surface area contributed by atoms with Gasteiger partial charge in [-0.3, -0.25) is 0 Å². The molecule has 0 bridgehead atoms. The second-order valence-electron chi connectivity index (χ2n) is 4.37. The van der Waals surface area contributed by atoms with E-state index in [0.29, 0.717) is 6.54 Å². The van der Waals surface area contributed by atoms with Crippen molar-refractivity contribution >= 4 is 0 Å². The van der Waals surface area contributed by atoms with Crippen molar-refractivity contribution in [3.63, 3.8) is 0 Å². The van der Waals surface area contributed by atoms with Crippen LogP contribution in [0.3, 0.4) is 0 Å². The maximum absolute atomic E-state index is 5.74. The summed E-state index contributed by atoms with van der Waals surface area (Å²) in [5.41, 5.74) is 14.9. The first-order valence-corrected chi connectivity index (χ1v) is 5.89. The van der Waals surface area contributed by atoms with E-state index in [1.165, 1.54) is 11.1 Å². The summed E-state index contributed by atoms with van der Waals surface area (Å²) in [6, 6.07) is 4.24. The summed E-state index contributed by atoms with van der Waals surface area (Å²) in [4.78, 5) is 0. The van der Waals surface area contributed by atoms with Gasteiger partial charge in [-0.15, -0.1) is 0 Å². The molecule has 96 valence electrons. The molecule has 0 aromatic heterocycles. The molecule has 5 N–H and O–H groups in total. The maximum Gasteiger partial charge on any atom is 0.122 e. The Morgan fingerprint density at radius 3 is 2.59 bits per heavy atom. The zero-order valence-corrected chi connectivity index (χ0v) is 10.9. The Morgan fingerprint density at radius 1 is 1.29 bits per heavy atom. The van der Waals surface area contributed by atoms with Crippen LogP contribution in [-0.4, -0.2) is 26.2 Å². The van der Waals surface area contributed by atoms with Crippen LogP contribution >= 0.6 is 0 Å². The molecule has 1 aromatic rings. The monoisotopic (exact) mass is 237 g/mol. The standard InChI is InChI=1S/C13H23N3O/c1-9-5-13(17-3)10(2)4-11(9)7-16-8-12(15)6-14/h4-5,12,16H,6-8,14-15H2,1-3H3. The Bertz CT molecular complexity index is 366. The number of nitrogens with one attached hydrogen (secondary N) is 1. The summed E-state index contributed by atoms with van der Waals surface area (Å²) in [5, 5.41) is 3.31. The zero-order chi connectivity index (χ0) is 12.8. The first-order valence-electron chi connectivity index (χ1n) is 5.89. The van der Waals surface area contributed by atoms with Crippen molar-refractivity contribution in [1.29, 1.82) is 0 Å². The number of benzene rings is 1. The minimum atomic E-state index is 0.0228. The van der Waals surface area contributed by atoms with Crippen LogP contribution in [0.2, 0.25) is 0 Å². The summed E-state index contributed by atoms with van der Waals surface area (Å²) in [5.74, 6) is 0.935. The average Bonchev–Trinajstić information content (AvgIpc) is 2.32. The van der Waals surface area contributed by atoms with Crippen LogP contribution in [-0.2, 0) is 6.54 Å². The Labute approximate surface area is 103 Å². The molecule has 4 nitrogen and oxygen atoms in total. The smallest absolute Gasteiger partial charge is 0.122 e. The predicted octanol–water partition coefficient (Wildman–Crippen LogP) is 0.688. The van der Waals surface area contributed by atoms with Gasteiger partial charge in [0, 0.05) is 25.7 Å². The molecule has 17 heavy (non-hydrogen) atoms. The molecule has 0 aliphatic rings. The molecule has 0 aliphatic heterocycles. The minimum Gasteiger partial charge on any atom is -0.496 e. The van der Waals surface area contributed by atoms with E-state index in [-0.39, 0.29) is 6.04 Å². The van der Waals surface area contributed by atoms with E-state index in [2.05, 4.69) is 24.4 Å². The number of aryl methyl sites for hydroxylation is 2. The van der Waals surface area contributed by atoms with E-state index in [0.717, 1.165) is 24.4 Å². The lowest BCUT2D eigenvalue weighted by atomic mass is 10.0. The molecule has 1 atom stereocenters. The third-order valence-electron chi connectivity index (χ3n) is 2.88. The van der Waals surface area contributed by atoms with Crippen molar-refractivity contribution in [2.75, 3.05) is 20.2 Å². The van der Waals surface area contributed by atoms with Gasteiger partial charge in [-0.05, 0) is 36.6 Å². The van der Waals surface area contributed by atoms with Crippen LogP contribution in [0, 0.1) is 13.8 Å². The minimum absolute atomic E-state index is 0.0228. The summed E-state index contributed by atoms with van der Waals surface area (Å²) in [6.07, 6.45) is 0. The number of ether oxygens (including phenoxy) is 1. The molecule has 0 saturated carbocycles. The van der Waals surface area contributed by atoms with E-state index in [1.54, 1.807) is 7.11 Å². The Morgan fingerprint density at radius 2 is 2.00 bits per heavy atom. The number of hydrogen-bond acceptors (Lipinski definition) is 4. The average molecular weight is 237 g/mol. The Kier molecular flexibility index (Phi) is 5.41. The summed E-state index contributed by atoms with van der Waals surface area (Å²) >= 11 is 0. The molecule has 1 unspecified atom stereocenters. The van der Waals surface area contributed by atoms with Crippen molar-refractivity contribution < 1.29 is 4.74 Å². The maximum atomic E-state index is 5.74. The van der Waals surface area contributed by atoms with Gasteiger partial charge in [0.25, 0.3) is 0 Å². The molecule has 0 amide bonds. The topological polar surface area (TPSA) is 73.3 Å². The summed E-state index contributed by atoms with van der Waals surface area (Å²) in [6.45, 7) is 6.19. The number of nitrogens with two attached hydrogens (primary N) is 2. The zero-order valence-electron chi connectivity index (χ0n) is 10.9. The molecule has 0 spiro atoms. The molecule has 0 saturated heterocycles. The van der Waals surface area contributed by atoms with Gasteiger partial charge < -0.3 is 21.5 Å². The quantitative estimate of drug-likeness (QED) is 0.680. The third kappa shape index (κ3) is 4.00. The van der Waals surface area contributed by atoms with Crippen LogP contribution in [0.4, 0.5) is 0 Å². The highest BCUT2D eigenvalue weighted by molar-refractivity contribution is 5.41. The van der Waals surface area contributed by atoms with Crippen LogP contribution in [0.1, 0.15) is 16.7 Å². The van der Waals surface area contributed by atoms with Crippen molar-refractivity contribution in [2.45, 2.75) is 26.4 Å². The lowest BCUT2D eigenvalue weighted by Crippen LogP contribution is -2.39. The van der Waals surface area contributed by atoms with Crippen molar-refractivity contribution in [3.05, 3.63) is 28.8 Å². The lowest BCUT2D eigenvalue weighted by Gasteiger charge is -2.14. The van der Waals surface area contributed by atoms with Gasteiger partial charge in [0.15, 0.2) is 0 Å². The molecule has 0 fully saturated rings. The largest absolute Gasteiger partial charge is 0.496 e. The normalized spacial score (nSPS) is 12.5. The second-order valence-corrected chi connectivity index (χ2v) is 4.37. The van der Waals surface area contributed by atoms with Crippen molar-refractivity contribution in [1.82, 2.24) is 5.32 Å². The van der Waals surface area contributed by atoms with E-state index >= 15 is 0 Å². The van der Waals surface area contributed by atoms with Gasteiger partial charge in [-0.2, -0.15) is 0 Å². The molecule has 0 heterocycles. The first-order chi connectivity index (χ1) is 8.08. The molecular formula is C13H23N3O. The number of methoxy groups -OCH3 is 1. The first kappa shape index (κ1) is 14.0. The fourth-order valence-corrected chi connectivity index (χ4v) is 1.74. The second kappa shape index (κ2) is 6.59. The third-order valence-corrected chi connectivity index (χ3v) is 2.88. The fraction of sp³-hybridized carbons (Fsp3) is 0.538. The van der Waals surface area contributed by atoms with Gasteiger partial charge in [0.2, 0.25) is 0 Å². The lowest BCUT2D eigenvalue weighted by molar-refractivity contribution is 0.411. The van der Waals surface area contributed by atoms with Crippen LogP contribution in [0.15, 0.2) is 12.1 Å². The predicted molar refractivity (Wildman–Crippen MR) is 71.2 cm³/mol. The van der Waals surface area contributed by atoms with E-state index in [4.69, 9.17) is 16.2 Å². The fourth-order valence-electron chi connectivity index (χ4n) is 1.74. The van der Waals surface area contributed by atoms with Crippen LogP contribution in [0.5, 0.6) is 5.75 Å². The van der Waals surface area contributed by atoms with Crippen molar-refractivity contribution in [3.8, 4) is 5.75 Å². The summed E-state index contributed by atoms with van der Waals surface area (Å²) in [7, 11) is 1.69. The van der Waals surface area contributed by atoms with Gasteiger partial charge in [-0.25, -0.2) is 0 Å². The van der Waals surface area contributed by atoms with E-state index in [1.807, 2.05) is 6.92 Å². The van der Waals surface area contributed by atoms with E-state index in [9.17, 15) is 0 Å². The van der Waals surface area contributed by atoms with E-state index < -0.39 is 0 Å². The van der Waals surface area contributed by atoms with Gasteiger partial charge in [0.1, 0.15) is 5.75 Å². The highest BCUT2D eigenvalue weighted by atomic mass is 16.5. The molecule has 4 heteroatoms. The van der Waals surface area contributed by atoms with Gasteiger partial charge in [0.05, 0.1) is 7.11 Å².